The van der Waals surface area contributed by atoms with Gasteiger partial charge in [0, 0.05) is 14.1 Å². The van der Waals surface area contributed by atoms with Crippen LogP contribution in [0.25, 0.3) is 21.8 Å². The third kappa shape index (κ3) is 1.52. The Hall–Kier alpha value is -2.70. The third-order valence-electron chi connectivity index (χ3n) is 3.41. The molecule has 0 aliphatic heterocycles. The number of rotatable bonds is 0. The van der Waals surface area contributed by atoms with Gasteiger partial charge in [0.2, 0.25) is 0 Å². The molecule has 1 N–H and O–H groups in total. The molecule has 102 valence electrons. The maximum absolute atomic E-state index is 12.2. The van der Waals surface area contributed by atoms with Crippen LogP contribution in [0.1, 0.15) is 5.82 Å². The van der Waals surface area contributed by atoms with E-state index in [4.69, 9.17) is 0 Å². The van der Waals surface area contributed by atoms with Gasteiger partial charge in [-0.1, -0.05) is 0 Å². The van der Waals surface area contributed by atoms with Crippen molar-refractivity contribution in [3.05, 3.63) is 49.1 Å². The molecule has 0 radical (unpaired) electrons. The molecule has 0 spiro atoms. The van der Waals surface area contributed by atoms with E-state index in [-0.39, 0.29) is 5.56 Å². The summed E-state index contributed by atoms with van der Waals surface area (Å²) in [6.07, 6.45) is 0. The van der Waals surface area contributed by atoms with Crippen LogP contribution in [0.3, 0.4) is 0 Å². The minimum absolute atomic E-state index is 0.289. The van der Waals surface area contributed by atoms with Gasteiger partial charge in [-0.25, -0.2) is 9.78 Å². The maximum Gasteiger partial charge on any atom is 0.330 e. The van der Waals surface area contributed by atoms with Gasteiger partial charge in [-0.3, -0.25) is 18.7 Å². The number of aromatic nitrogens is 4. The molecule has 0 unspecified atom stereocenters. The van der Waals surface area contributed by atoms with Crippen LogP contribution < -0.4 is 16.8 Å². The van der Waals surface area contributed by atoms with Gasteiger partial charge < -0.3 is 4.98 Å². The molecule has 0 saturated heterocycles. The molecule has 0 aliphatic rings. The van der Waals surface area contributed by atoms with Gasteiger partial charge in [0.05, 0.1) is 21.8 Å². The van der Waals surface area contributed by atoms with Crippen molar-refractivity contribution < 1.29 is 0 Å². The molecule has 7 heteroatoms. The quantitative estimate of drug-likeness (QED) is 0.573. The molecule has 0 bridgehead atoms. The van der Waals surface area contributed by atoms with E-state index in [2.05, 4.69) is 9.97 Å². The van der Waals surface area contributed by atoms with Gasteiger partial charge >= 0.3 is 5.69 Å². The summed E-state index contributed by atoms with van der Waals surface area (Å²) in [4.78, 5) is 42.8. The van der Waals surface area contributed by atoms with E-state index in [1.54, 1.807) is 20.0 Å². The minimum atomic E-state index is -0.432. The van der Waals surface area contributed by atoms with Crippen LogP contribution in [0.4, 0.5) is 0 Å². The number of hydrogen-bond donors (Lipinski definition) is 1. The lowest BCUT2D eigenvalue weighted by molar-refractivity contribution is 0.714. The first-order chi connectivity index (χ1) is 9.40. The summed E-state index contributed by atoms with van der Waals surface area (Å²) < 4.78 is 2.38. The van der Waals surface area contributed by atoms with Crippen molar-refractivity contribution in [3.63, 3.8) is 0 Å². The van der Waals surface area contributed by atoms with E-state index in [0.717, 1.165) is 4.57 Å². The fraction of sp³-hybridized carbons (Fsp3) is 0.231. The standard InChI is InChI=1S/C13H12N4O3/c1-6-14-9-4-8-10(5-7(9)11(18)15-6)16(2)13(20)17(3)12(8)19/h4-5H,1-3H3,(H,14,15,18). The van der Waals surface area contributed by atoms with Gasteiger partial charge in [0.1, 0.15) is 5.82 Å². The van der Waals surface area contributed by atoms with Gasteiger partial charge in [-0.2, -0.15) is 0 Å². The van der Waals surface area contributed by atoms with Crippen LogP contribution >= 0.6 is 0 Å². The summed E-state index contributed by atoms with van der Waals surface area (Å²) >= 11 is 0. The Morgan fingerprint density at radius 3 is 2.45 bits per heavy atom. The fourth-order valence-corrected chi connectivity index (χ4v) is 2.34. The molecule has 2 aromatic heterocycles. The monoisotopic (exact) mass is 272 g/mol. The lowest BCUT2D eigenvalue weighted by atomic mass is 10.1. The lowest BCUT2D eigenvalue weighted by Gasteiger charge is -2.08. The molecule has 0 saturated carbocycles. The van der Waals surface area contributed by atoms with Gasteiger partial charge in [-0.15, -0.1) is 0 Å². The maximum atomic E-state index is 12.2. The van der Waals surface area contributed by atoms with Crippen LogP contribution in [0.5, 0.6) is 0 Å². The van der Waals surface area contributed by atoms with Gasteiger partial charge in [-0.05, 0) is 19.1 Å². The number of aromatic amines is 1. The molecular weight excluding hydrogens is 260 g/mol. The van der Waals surface area contributed by atoms with Crippen LogP contribution in [-0.4, -0.2) is 19.1 Å². The Bertz CT molecular complexity index is 1040. The Labute approximate surface area is 112 Å². The molecule has 7 nitrogen and oxygen atoms in total. The first kappa shape index (κ1) is 12.3. The highest BCUT2D eigenvalue weighted by Crippen LogP contribution is 2.15. The molecule has 1 aromatic carbocycles. The third-order valence-corrected chi connectivity index (χ3v) is 3.41. The lowest BCUT2D eigenvalue weighted by Crippen LogP contribution is -2.37. The zero-order chi connectivity index (χ0) is 14.6. The number of aryl methyl sites for hydroxylation is 2. The summed E-state index contributed by atoms with van der Waals surface area (Å²) in [7, 11) is 2.98. The zero-order valence-electron chi connectivity index (χ0n) is 11.2. The average Bonchev–Trinajstić information content (AvgIpc) is 2.41. The molecule has 20 heavy (non-hydrogen) atoms. The zero-order valence-corrected chi connectivity index (χ0v) is 11.2. The van der Waals surface area contributed by atoms with Crippen molar-refractivity contribution in [3.8, 4) is 0 Å². The van der Waals surface area contributed by atoms with Crippen LogP contribution in [0.15, 0.2) is 26.5 Å². The highest BCUT2D eigenvalue weighted by molar-refractivity contribution is 5.93. The average molecular weight is 272 g/mol. The number of nitrogens with one attached hydrogen (secondary N) is 1. The molecule has 0 atom stereocenters. The van der Waals surface area contributed by atoms with Crippen LogP contribution in [-0.2, 0) is 14.1 Å². The Morgan fingerprint density at radius 1 is 1.05 bits per heavy atom. The minimum Gasteiger partial charge on any atom is -0.310 e. The van der Waals surface area contributed by atoms with Crippen molar-refractivity contribution in [2.24, 2.45) is 14.1 Å². The van der Waals surface area contributed by atoms with Crippen molar-refractivity contribution in [2.45, 2.75) is 6.92 Å². The second-order valence-corrected chi connectivity index (χ2v) is 4.74. The summed E-state index contributed by atoms with van der Waals surface area (Å²) in [5.41, 5.74) is -0.262. The van der Waals surface area contributed by atoms with Crippen molar-refractivity contribution in [2.75, 3.05) is 0 Å². The van der Waals surface area contributed by atoms with Crippen molar-refractivity contribution in [1.82, 2.24) is 19.1 Å². The first-order valence-electron chi connectivity index (χ1n) is 6.00. The smallest absolute Gasteiger partial charge is 0.310 e. The highest BCUT2D eigenvalue weighted by atomic mass is 16.2. The molecule has 0 aliphatic carbocycles. The molecule has 3 aromatic rings. The number of benzene rings is 1. The fourth-order valence-electron chi connectivity index (χ4n) is 2.34. The van der Waals surface area contributed by atoms with Crippen molar-refractivity contribution in [1.29, 1.82) is 0 Å². The second-order valence-electron chi connectivity index (χ2n) is 4.74. The van der Waals surface area contributed by atoms with Gasteiger partial charge in [0.25, 0.3) is 11.1 Å². The molecule has 0 amide bonds. The Kier molecular flexibility index (Phi) is 2.40. The SMILES string of the molecule is Cc1nc2cc3c(=O)n(C)c(=O)n(C)c3cc2c(=O)[nH]1. The van der Waals surface area contributed by atoms with E-state index >= 15 is 0 Å². The van der Waals surface area contributed by atoms with E-state index in [1.165, 1.54) is 17.7 Å². The molecular formula is C13H12N4O3. The number of H-pyrrole nitrogens is 1. The predicted octanol–water partition coefficient (Wildman–Crippen LogP) is -0.218. The van der Waals surface area contributed by atoms with Gasteiger partial charge in [0.15, 0.2) is 0 Å². The summed E-state index contributed by atoms with van der Waals surface area (Å²) in [5, 5.41) is 0.714. The normalized spacial score (nSPS) is 11.3. The molecule has 3 rings (SSSR count). The van der Waals surface area contributed by atoms with Crippen LogP contribution in [0.2, 0.25) is 0 Å². The molecule has 2 heterocycles. The number of hydrogen-bond acceptors (Lipinski definition) is 4. The highest BCUT2D eigenvalue weighted by Gasteiger charge is 2.11. The summed E-state index contributed by atoms with van der Waals surface area (Å²) in [5.74, 6) is 0.475. The second kappa shape index (κ2) is 3.89. The summed E-state index contributed by atoms with van der Waals surface area (Å²) in [6, 6.07) is 3.08. The Morgan fingerprint density at radius 2 is 1.75 bits per heavy atom. The van der Waals surface area contributed by atoms with E-state index in [1.807, 2.05) is 0 Å². The topological polar surface area (TPSA) is 89.8 Å². The largest absolute Gasteiger partial charge is 0.330 e. The predicted molar refractivity (Wildman–Crippen MR) is 75.1 cm³/mol. The van der Waals surface area contributed by atoms with E-state index in [0.29, 0.717) is 27.6 Å². The number of nitrogens with zero attached hydrogens (tertiary/aromatic N) is 3. The van der Waals surface area contributed by atoms with E-state index < -0.39 is 11.2 Å². The molecule has 0 fully saturated rings. The Balaban J connectivity index is 2.69. The summed E-state index contributed by atoms with van der Waals surface area (Å²) in [6.45, 7) is 1.67. The number of fused-ring (bicyclic) bond motifs is 2. The van der Waals surface area contributed by atoms with E-state index in [9.17, 15) is 14.4 Å². The first-order valence-corrected chi connectivity index (χ1v) is 6.00. The van der Waals surface area contributed by atoms with Crippen molar-refractivity contribution >= 4 is 21.8 Å². The van der Waals surface area contributed by atoms with Crippen LogP contribution in [0, 0.1) is 6.92 Å².